The number of carbonyl (C=O) groups is 1. The molecule has 0 aliphatic heterocycles. The van der Waals surface area contributed by atoms with Gasteiger partial charge >= 0.3 is 0 Å². The Balaban J connectivity index is 1.82. The summed E-state index contributed by atoms with van der Waals surface area (Å²) in [4.78, 5) is 13.3. The number of nitrogens with two attached hydrogens (primary N) is 1. The second kappa shape index (κ2) is 5.22. The maximum atomic E-state index is 12.2. The molecule has 7 heteroatoms. The summed E-state index contributed by atoms with van der Waals surface area (Å²) in [6, 6.07) is 7.25. The van der Waals surface area contributed by atoms with Gasteiger partial charge in [0.2, 0.25) is 5.88 Å². The predicted octanol–water partition coefficient (Wildman–Crippen LogP) is 2.51. The Labute approximate surface area is 118 Å². The summed E-state index contributed by atoms with van der Waals surface area (Å²) < 4.78 is 10.1. The molecule has 6 nitrogen and oxygen atoms in total. The molecular weight excluding hydrogens is 278 g/mol. The monoisotopic (exact) mass is 289 g/mol. The average molecular weight is 289 g/mol. The molecule has 3 N–H and O–H groups in total. The lowest BCUT2D eigenvalue weighted by Gasteiger charge is -2.03. The number of amides is 1. The molecule has 0 atom stereocenters. The van der Waals surface area contributed by atoms with Gasteiger partial charge in [0, 0.05) is 4.88 Å². The van der Waals surface area contributed by atoms with E-state index in [9.17, 15) is 4.79 Å². The number of hydrogen-bond donors (Lipinski definition) is 2. The first-order valence-corrected chi connectivity index (χ1v) is 6.73. The fourth-order valence-electron chi connectivity index (χ4n) is 1.77. The highest BCUT2D eigenvalue weighted by atomic mass is 32.1. The van der Waals surface area contributed by atoms with E-state index < -0.39 is 0 Å². The summed E-state index contributed by atoms with van der Waals surface area (Å²) in [5.41, 5.74) is 6.16. The van der Waals surface area contributed by atoms with Crippen LogP contribution in [-0.2, 0) is 6.54 Å². The van der Waals surface area contributed by atoms with Crippen LogP contribution in [0, 0.1) is 0 Å². The van der Waals surface area contributed by atoms with E-state index >= 15 is 0 Å². The Morgan fingerprint density at radius 2 is 2.30 bits per heavy atom. The van der Waals surface area contributed by atoms with Gasteiger partial charge in [0.1, 0.15) is 5.56 Å². The van der Waals surface area contributed by atoms with Gasteiger partial charge in [-0.3, -0.25) is 4.79 Å². The molecule has 20 heavy (non-hydrogen) atoms. The molecule has 102 valence electrons. The van der Waals surface area contributed by atoms with Crippen molar-refractivity contribution in [3.8, 4) is 11.5 Å². The van der Waals surface area contributed by atoms with Crippen LogP contribution in [0.25, 0.3) is 11.5 Å². The number of hydrogen-bond acceptors (Lipinski definition) is 6. The molecule has 0 aromatic carbocycles. The van der Waals surface area contributed by atoms with E-state index in [-0.39, 0.29) is 17.4 Å². The summed E-state index contributed by atoms with van der Waals surface area (Å²) in [6.07, 6.45) is 1.49. The van der Waals surface area contributed by atoms with E-state index in [0.717, 1.165) is 4.88 Å². The molecule has 0 aliphatic carbocycles. The molecule has 1 amide bonds. The second-order valence-corrected chi connectivity index (χ2v) is 5.04. The average Bonchev–Trinajstić information content (AvgIpc) is 3.17. The Kier molecular flexibility index (Phi) is 3.26. The molecule has 0 saturated heterocycles. The third kappa shape index (κ3) is 2.30. The third-order valence-electron chi connectivity index (χ3n) is 2.70. The van der Waals surface area contributed by atoms with Crippen LogP contribution in [0.1, 0.15) is 15.2 Å². The Morgan fingerprint density at radius 1 is 1.40 bits per heavy atom. The minimum absolute atomic E-state index is 0.0277. The van der Waals surface area contributed by atoms with E-state index in [4.69, 9.17) is 14.7 Å². The highest BCUT2D eigenvalue weighted by Gasteiger charge is 2.23. The van der Waals surface area contributed by atoms with E-state index in [0.29, 0.717) is 18.0 Å². The largest absolute Gasteiger partial charge is 0.463 e. The van der Waals surface area contributed by atoms with Gasteiger partial charge in [-0.15, -0.1) is 11.3 Å². The molecule has 0 aliphatic rings. The third-order valence-corrected chi connectivity index (χ3v) is 3.58. The Morgan fingerprint density at radius 3 is 3.00 bits per heavy atom. The van der Waals surface area contributed by atoms with Gasteiger partial charge in [0.15, 0.2) is 11.5 Å². The van der Waals surface area contributed by atoms with Crippen molar-refractivity contribution in [1.29, 1.82) is 0 Å². The highest BCUT2D eigenvalue weighted by molar-refractivity contribution is 7.09. The van der Waals surface area contributed by atoms with Gasteiger partial charge in [-0.05, 0) is 23.6 Å². The summed E-state index contributed by atoms with van der Waals surface area (Å²) in [5, 5.41) is 8.50. The lowest BCUT2D eigenvalue weighted by Crippen LogP contribution is -2.23. The first-order valence-electron chi connectivity index (χ1n) is 5.85. The number of rotatable bonds is 4. The Hall–Kier alpha value is -2.54. The highest BCUT2D eigenvalue weighted by Crippen LogP contribution is 2.27. The maximum absolute atomic E-state index is 12.2. The van der Waals surface area contributed by atoms with Crippen molar-refractivity contribution in [3.63, 3.8) is 0 Å². The van der Waals surface area contributed by atoms with Crippen LogP contribution in [0.5, 0.6) is 0 Å². The minimum atomic E-state index is -0.344. The zero-order valence-corrected chi connectivity index (χ0v) is 11.1. The number of nitrogens with one attached hydrogen (secondary N) is 1. The molecule has 0 fully saturated rings. The molecule has 0 bridgehead atoms. The van der Waals surface area contributed by atoms with Crippen molar-refractivity contribution in [2.45, 2.75) is 6.54 Å². The zero-order chi connectivity index (χ0) is 13.9. The smallest absolute Gasteiger partial charge is 0.259 e. The Bertz CT molecular complexity index is 701. The van der Waals surface area contributed by atoms with Crippen LogP contribution in [-0.4, -0.2) is 11.1 Å². The molecule has 3 rings (SSSR count). The number of thiophene rings is 1. The molecule has 0 saturated carbocycles. The summed E-state index contributed by atoms with van der Waals surface area (Å²) in [5.74, 6) is 0.0651. The minimum Gasteiger partial charge on any atom is -0.463 e. The zero-order valence-electron chi connectivity index (χ0n) is 10.3. The fourth-order valence-corrected chi connectivity index (χ4v) is 2.42. The summed E-state index contributed by atoms with van der Waals surface area (Å²) >= 11 is 1.56. The van der Waals surface area contributed by atoms with Crippen molar-refractivity contribution in [2.75, 3.05) is 5.73 Å². The van der Waals surface area contributed by atoms with Crippen molar-refractivity contribution >= 4 is 23.1 Å². The van der Waals surface area contributed by atoms with E-state index in [1.165, 1.54) is 6.26 Å². The van der Waals surface area contributed by atoms with E-state index in [1.54, 1.807) is 23.5 Å². The predicted molar refractivity (Wildman–Crippen MR) is 74.1 cm³/mol. The summed E-state index contributed by atoms with van der Waals surface area (Å²) in [7, 11) is 0. The second-order valence-electron chi connectivity index (χ2n) is 4.01. The molecule has 3 aromatic heterocycles. The van der Waals surface area contributed by atoms with Crippen LogP contribution in [0.15, 0.2) is 44.8 Å². The number of carbonyl (C=O) groups excluding carboxylic acids is 1. The van der Waals surface area contributed by atoms with Crippen molar-refractivity contribution in [2.24, 2.45) is 0 Å². The lowest BCUT2D eigenvalue weighted by atomic mass is 10.2. The van der Waals surface area contributed by atoms with Gasteiger partial charge in [0.25, 0.3) is 5.91 Å². The van der Waals surface area contributed by atoms with Crippen LogP contribution in [0.3, 0.4) is 0 Å². The quantitative estimate of drug-likeness (QED) is 0.769. The molecule has 3 heterocycles. The van der Waals surface area contributed by atoms with E-state index in [2.05, 4.69) is 10.5 Å². The molecule has 0 spiro atoms. The van der Waals surface area contributed by atoms with Crippen LogP contribution >= 0.6 is 11.3 Å². The van der Waals surface area contributed by atoms with Gasteiger partial charge in [-0.25, -0.2) is 0 Å². The first-order chi connectivity index (χ1) is 9.75. The standard InChI is InChI=1S/C13H11N3O3S/c14-12-10(11(16-19-12)9-4-1-5-18-9)13(17)15-7-8-3-2-6-20-8/h1-6H,7,14H2,(H,15,17). The number of nitrogens with zero attached hydrogens (tertiary/aromatic N) is 1. The molecule has 0 unspecified atom stereocenters. The number of nitrogen functional groups attached to an aromatic ring is 1. The summed E-state index contributed by atoms with van der Waals surface area (Å²) in [6.45, 7) is 0.429. The van der Waals surface area contributed by atoms with E-state index in [1.807, 2.05) is 17.5 Å². The molecular formula is C13H11N3O3S. The molecule has 3 aromatic rings. The van der Waals surface area contributed by atoms with Gasteiger partial charge in [-0.1, -0.05) is 11.2 Å². The number of anilines is 1. The topological polar surface area (TPSA) is 94.3 Å². The maximum Gasteiger partial charge on any atom is 0.259 e. The van der Waals surface area contributed by atoms with Crippen LogP contribution in [0.4, 0.5) is 5.88 Å². The van der Waals surface area contributed by atoms with Crippen molar-refractivity contribution in [3.05, 3.63) is 46.3 Å². The van der Waals surface area contributed by atoms with Crippen molar-refractivity contribution in [1.82, 2.24) is 10.5 Å². The number of aromatic nitrogens is 1. The molecule has 0 radical (unpaired) electrons. The van der Waals surface area contributed by atoms with Crippen LogP contribution in [0.2, 0.25) is 0 Å². The van der Waals surface area contributed by atoms with Crippen molar-refractivity contribution < 1.29 is 13.7 Å². The normalized spacial score (nSPS) is 10.6. The van der Waals surface area contributed by atoms with Gasteiger partial charge < -0.3 is 20.0 Å². The first kappa shape index (κ1) is 12.5. The number of furan rings is 1. The van der Waals surface area contributed by atoms with Crippen LogP contribution < -0.4 is 11.1 Å². The fraction of sp³-hybridized carbons (Fsp3) is 0.0769. The lowest BCUT2D eigenvalue weighted by molar-refractivity contribution is 0.0952. The van der Waals surface area contributed by atoms with Gasteiger partial charge in [-0.2, -0.15) is 0 Å². The SMILES string of the molecule is Nc1onc(-c2ccco2)c1C(=O)NCc1cccs1. The van der Waals surface area contributed by atoms with Gasteiger partial charge in [0.05, 0.1) is 12.8 Å².